The first kappa shape index (κ1) is 24.6. The van der Waals surface area contributed by atoms with Crippen molar-refractivity contribution in [2.24, 2.45) is 11.7 Å². The summed E-state index contributed by atoms with van der Waals surface area (Å²) >= 11 is 0. The highest BCUT2D eigenvalue weighted by Gasteiger charge is 2.27. The van der Waals surface area contributed by atoms with Crippen LogP contribution in [0.2, 0.25) is 0 Å². The molecule has 1 heterocycles. The van der Waals surface area contributed by atoms with Gasteiger partial charge >= 0.3 is 12.0 Å². The summed E-state index contributed by atoms with van der Waals surface area (Å²) in [4.78, 5) is 53.2. The second-order valence-electron chi connectivity index (χ2n) is 8.25. The molecule has 0 fully saturated rings. The summed E-state index contributed by atoms with van der Waals surface area (Å²) in [5.41, 5.74) is 7.43. The fourth-order valence-electron chi connectivity index (χ4n) is 3.62. The highest BCUT2D eigenvalue weighted by Crippen LogP contribution is 2.13. The number of aromatic nitrogens is 2. The molecule has 1 aromatic heterocycles. The summed E-state index contributed by atoms with van der Waals surface area (Å²) in [6, 6.07) is 16.2. The highest BCUT2D eigenvalue weighted by atomic mass is 16.5. The predicted molar refractivity (Wildman–Crippen MR) is 127 cm³/mol. The Morgan fingerprint density at radius 2 is 1.71 bits per heavy atom. The number of esters is 1. The Kier molecular flexibility index (Phi) is 8.13. The molecule has 9 nitrogen and oxygen atoms in total. The van der Waals surface area contributed by atoms with E-state index < -0.39 is 24.0 Å². The highest BCUT2D eigenvalue weighted by molar-refractivity contribution is 5.96. The molecule has 3 rings (SSSR count). The molecule has 1 unspecified atom stereocenters. The molecule has 3 amide bonds. The van der Waals surface area contributed by atoms with E-state index in [2.05, 4.69) is 4.98 Å². The lowest BCUT2D eigenvalue weighted by Crippen LogP contribution is -2.45. The van der Waals surface area contributed by atoms with Crippen LogP contribution < -0.4 is 16.6 Å². The summed E-state index contributed by atoms with van der Waals surface area (Å²) in [6.45, 7) is 3.82. The average molecular weight is 465 g/mol. The minimum atomic E-state index is -1.17. The summed E-state index contributed by atoms with van der Waals surface area (Å²) in [5, 5.41) is 1.92. The molecule has 9 heteroatoms. The number of aryl methyl sites for hydroxylation is 3. The Labute approximate surface area is 196 Å². The van der Waals surface area contributed by atoms with Crippen molar-refractivity contribution in [2.75, 3.05) is 0 Å². The zero-order valence-electron chi connectivity index (χ0n) is 19.2. The van der Waals surface area contributed by atoms with Crippen LogP contribution in [0.5, 0.6) is 0 Å². The lowest BCUT2D eigenvalue weighted by molar-refractivity contribution is -0.158. The lowest BCUT2D eigenvalue weighted by Gasteiger charge is -2.19. The van der Waals surface area contributed by atoms with Crippen LogP contribution in [0.4, 0.5) is 4.79 Å². The van der Waals surface area contributed by atoms with Crippen LogP contribution in [0, 0.1) is 5.92 Å². The van der Waals surface area contributed by atoms with E-state index in [-0.39, 0.29) is 30.0 Å². The van der Waals surface area contributed by atoms with Gasteiger partial charge in [-0.1, -0.05) is 56.3 Å². The number of rotatable bonds is 9. The molecule has 0 bridgehead atoms. The number of hydrogen-bond donors (Lipinski definition) is 2. The monoisotopic (exact) mass is 464 g/mol. The van der Waals surface area contributed by atoms with Crippen molar-refractivity contribution in [2.45, 2.75) is 45.8 Å². The lowest BCUT2D eigenvalue weighted by atomic mass is 10.1. The normalized spacial score (nSPS) is 11.9. The number of benzene rings is 2. The Morgan fingerprint density at radius 1 is 1.03 bits per heavy atom. The molecular weight excluding hydrogens is 436 g/mol. The van der Waals surface area contributed by atoms with Crippen LogP contribution >= 0.6 is 0 Å². The summed E-state index contributed by atoms with van der Waals surface area (Å²) < 4.78 is 6.94. The molecule has 0 spiro atoms. The van der Waals surface area contributed by atoms with Crippen LogP contribution in [0.3, 0.4) is 0 Å². The molecule has 0 aliphatic carbocycles. The zero-order valence-corrected chi connectivity index (χ0v) is 19.2. The van der Waals surface area contributed by atoms with Crippen molar-refractivity contribution in [3.05, 3.63) is 76.2 Å². The van der Waals surface area contributed by atoms with Gasteiger partial charge in [-0.3, -0.25) is 19.7 Å². The van der Waals surface area contributed by atoms with E-state index in [0.29, 0.717) is 18.5 Å². The number of para-hydroxylation sites is 2. The first-order valence-electron chi connectivity index (χ1n) is 11.1. The number of carbonyl (C=O) groups excluding carboxylic acids is 3. The summed E-state index contributed by atoms with van der Waals surface area (Å²) in [7, 11) is 0. The van der Waals surface area contributed by atoms with E-state index in [1.165, 1.54) is 0 Å². The molecule has 34 heavy (non-hydrogen) atoms. The number of imide groups is 1. The number of primary amides is 1. The van der Waals surface area contributed by atoms with Crippen LogP contribution in [0.25, 0.3) is 11.0 Å². The molecule has 0 saturated carbocycles. The molecule has 0 radical (unpaired) electrons. The summed E-state index contributed by atoms with van der Waals surface area (Å²) in [6.07, 6.45) is -0.601. The van der Waals surface area contributed by atoms with Crippen molar-refractivity contribution >= 4 is 28.9 Å². The predicted octanol–water partition coefficient (Wildman–Crippen LogP) is 2.33. The topological polar surface area (TPSA) is 133 Å². The molecule has 0 saturated heterocycles. The maximum atomic E-state index is 13.2. The van der Waals surface area contributed by atoms with Crippen molar-refractivity contribution in [1.82, 2.24) is 14.9 Å². The number of nitrogens with two attached hydrogens (primary N) is 1. The molecule has 3 N–H and O–H groups in total. The van der Waals surface area contributed by atoms with E-state index in [1.54, 1.807) is 18.4 Å². The molecule has 1 atom stereocenters. The molecule has 3 aromatic rings. The van der Waals surface area contributed by atoms with Gasteiger partial charge in [-0.2, -0.15) is 0 Å². The third-order valence-electron chi connectivity index (χ3n) is 5.32. The van der Waals surface area contributed by atoms with Gasteiger partial charge in [-0.05, 0) is 30.0 Å². The van der Waals surface area contributed by atoms with E-state index in [0.717, 1.165) is 11.1 Å². The third-order valence-corrected chi connectivity index (χ3v) is 5.32. The average Bonchev–Trinajstić information content (AvgIpc) is 2.80. The van der Waals surface area contributed by atoms with E-state index in [1.807, 2.05) is 59.9 Å². The van der Waals surface area contributed by atoms with Gasteiger partial charge in [-0.25, -0.2) is 9.78 Å². The number of urea groups is 1. The fraction of sp³-hybridized carbons (Fsp3) is 0.320. The van der Waals surface area contributed by atoms with Crippen LogP contribution in [-0.4, -0.2) is 33.6 Å². The first-order valence-corrected chi connectivity index (χ1v) is 11.1. The molecule has 0 aliphatic rings. The van der Waals surface area contributed by atoms with Crippen molar-refractivity contribution in [3.63, 3.8) is 0 Å². The van der Waals surface area contributed by atoms with Crippen LogP contribution in [-0.2, 0) is 33.7 Å². The van der Waals surface area contributed by atoms with Gasteiger partial charge in [0, 0.05) is 13.0 Å². The number of carbonyl (C=O) groups is 3. The van der Waals surface area contributed by atoms with Gasteiger partial charge in [0.1, 0.15) is 5.69 Å². The van der Waals surface area contributed by atoms with Crippen molar-refractivity contribution < 1.29 is 19.1 Å². The minimum Gasteiger partial charge on any atom is -0.452 e. The van der Waals surface area contributed by atoms with Gasteiger partial charge in [0.25, 0.3) is 11.5 Å². The maximum absolute atomic E-state index is 13.2. The van der Waals surface area contributed by atoms with E-state index in [9.17, 15) is 19.2 Å². The number of amides is 3. The van der Waals surface area contributed by atoms with Crippen molar-refractivity contribution in [1.29, 1.82) is 0 Å². The first-order chi connectivity index (χ1) is 16.3. The second kappa shape index (κ2) is 11.2. The smallest absolute Gasteiger partial charge is 0.318 e. The Hall–Kier alpha value is -4.01. The van der Waals surface area contributed by atoms with Crippen LogP contribution in [0.1, 0.15) is 31.5 Å². The number of nitrogens with zero attached hydrogens (tertiary/aromatic N) is 2. The van der Waals surface area contributed by atoms with Crippen molar-refractivity contribution in [3.8, 4) is 0 Å². The quantitative estimate of drug-likeness (QED) is 0.467. The number of ether oxygens (including phenoxy) is 1. The molecule has 178 valence electrons. The van der Waals surface area contributed by atoms with Gasteiger partial charge in [0.05, 0.1) is 17.5 Å². The standard InChI is InChI=1S/C25H28N4O5/c1-16(2)22(23(31)28-25(26)33)34-21(30)13-12-19-24(32)29(15-14-17-8-4-3-5-9-17)20-11-7-6-10-18(20)27-19/h3-11,16,22H,12-15H2,1-2H3,(H3,26,28,31,33). The van der Waals surface area contributed by atoms with Gasteiger partial charge in [0.2, 0.25) is 0 Å². The maximum Gasteiger partial charge on any atom is 0.318 e. The van der Waals surface area contributed by atoms with Gasteiger partial charge in [-0.15, -0.1) is 0 Å². The Bertz CT molecular complexity index is 1240. The zero-order chi connectivity index (χ0) is 24.7. The van der Waals surface area contributed by atoms with E-state index >= 15 is 0 Å². The largest absolute Gasteiger partial charge is 0.452 e. The van der Waals surface area contributed by atoms with Gasteiger partial charge in [0.15, 0.2) is 6.10 Å². The summed E-state index contributed by atoms with van der Waals surface area (Å²) in [5.74, 6) is -1.84. The van der Waals surface area contributed by atoms with Gasteiger partial charge < -0.3 is 15.0 Å². The van der Waals surface area contributed by atoms with Crippen LogP contribution in [0.15, 0.2) is 59.4 Å². The third kappa shape index (κ3) is 6.28. The second-order valence-corrected chi connectivity index (χ2v) is 8.25. The number of hydrogen-bond acceptors (Lipinski definition) is 6. The molecular formula is C25H28N4O5. The molecule has 0 aliphatic heterocycles. The number of fused-ring (bicyclic) bond motifs is 1. The van der Waals surface area contributed by atoms with E-state index in [4.69, 9.17) is 10.5 Å². The Morgan fingerprint density at radius 3 is 2.38 bits per heavy atom. The number of nitrogens with one attached hydrogen (secondary N) is 1. The fourth-order valence-corrected chi connectivity index (χ4v) is 3.62. The minimum absolute atomic E-state index is 0.0517. The SMILES string of the molecule is CC(C)C(OC(=O)CCc1nc2ccccc2n(CCc2ccccc2)c1=O)C(=O)NC(N)=O. The molecule has 2 aromatic carbocycles. The Balaban J connectivity index is 1.77.